The molecule has 0 aliphatic rings. The minimum Gasteiger partial charge on any atom is -0.482 e. The zero-order chi connectivity index (χ0) is 12.0. The fourth-order valence-corrected chi connectivity index (χ4v) is 1.25. The number of Topliss-reactive ketones (excluding diaryl/α,β-unsaturated/α-hetero) is 1. The maximum atomic E-state index is 11.5. The normalized spacial score (nSPS) is 9.81. The summed E-state index contributed by atoms with van der Waals surface area (Å²) in [5.74, 6) is -0.478. The van der Waals surface area contributed by atoms with Crippen LogP contribution in [-0.2, 0) is 4.79 Å². The second-order valence-electron chi connectivity index (χ2n) is 3.38. The fraction of sp³-hybridized carbons (Fsp3) is 0.333. The molecule has 0 saturated heterocycles. The number of aliphatic carboxylic acids is 1. The van der Waals surface area contributed by atoms with Crippen molar-refractivity contribution in [1.29, 1.82) is 0 Å². The number of rotatable bonds is 6. The zero-order valence-corrected chi connectivity index (χ0v) is 9.10. The van der Waals surface area contributed by atoms with Crippen molar-refractivity contribution in [2.75, 3.05) is 6.61 Å². The number of carboxylic acid groups (broad SMARTS) is 1. The van der Waals surface area contributed by atoms with Gasteiger partial charge in [-0.15, -0.1) is 0 Å². The molecule has 1 aromatic carbocycles. The second kappa shape index (κ2) is 5.90. The average Bonchev–Trinajstić information content (AvgIpc) is 2.27. The van der Waals surface area contributed by atoms with Gasteiger partial charge in [-0.1, -0.05) is 6.92 Å². The lowest BCUT2D eigenvalue weighted by Gasteiger charge is -2.04. The first-order valence-corrected chi connectivity index (χ1v) is 5.11. The summed E-state index contributed by atoms with van der Waals surface area (Å²) in [6.45, 7) is 1.57. The van der Waals surface area contributed by atoms with Crippen LogP contribution in [0.2, 0.25) is 0 Å². The van der Waals surface area contributed by atoms with Crippen molar-refractivity contribution >= 4 is 11.8 Å². The van der Waals surface area contributed by atoms with E-state index >= 15 is 0 Å². The molecule has 0 fully saturated rings. The molecule has 4 nitrogen and oxygen atoms in total. The first-order chi connectivity index (χ1) is 7.63. The van der Waals surface area contributed by atoms with Gasteiger partial charge in [0.25, 0.3) is 0 Å². The van der Waals surface area contributed by atoms with Crippen LogP contribution in [0.15, 0.2) is 24.3 Å². The van der Waals surface area contributed by atoms with E-state index in [1.54, 1.807) is 24.3 Å². The second-order valence-corrected chi connectivity index (χ2v) is 3.38. The number of ether oxygens (including phenoxy) is 1. The molecule has 0 bridgehead atoms. The highest BCUT2D eigenvalue weighted by molar-refractivity contribution is 5.96. The van der Waals surface area contributed by atoms with E-state index in [0.29, 0.717) is 17.7 Å². The summed E-state index contributed by atoms with van der Waals surface area (Å²) >= 11 is 0. The highest BCUT2D eigenvalue weighted by atomic mass is 16.5. The van der Waals surface area contributed by atoms with Crippen molar-refractivity contribution in [3.05, 3.63) is 29.8 Å². The van der Waals surface area contributed by atoms with Crippen molar-refractivity contribution in [3.8, 4) is 5.75 Å². The van der Waals surface area contributed by atoms with Crippen LogP contribution in [0.1, 0.15) is 30.1 Å². The lowest BCUT2D eigenvalue weighted by atomic mass is 10.1. The van der Waals surface area contributed by atoms with Gasteiger partial charge in [0.15, 0.2) is 12.4 Å². The third kappa shape index (κ3) is 3.73. The molecule has 0 unspecified atom stereocenters. The summed E-state index contributed by atoms with van der Waals surface area (Å²) in [6.07, 6.45) is 1.34. The Balaban J connectivity index is 2.60. The van der Waals surface area contributed by atoms with E-state index in [1.807, 2.05) is 6.92 Å². The van der Waals surface area contributed by atoms with Gasteiger partial charge in [0, 0.05) is 12.0 Å². The van der Waals surface area contributed by atoms with Crippen LogP contribution in [0.5, 0.6) is 5.75 Å². The molecule has 0 aliphatic carbocycles. The molecule has 1 aromatic rings. The molecule has 0 aromatic heterocycles. The minimum atomic E-state index is -1.02. The fourth-order valence-electron chi connectivity index (χ4n) is 1.25. The number of carbonyl (C=O) groups excluding carboxylic acids is 1. The maximum absolute atomic E-state index is 11.5. The summed E-state index contributed by atoms with van der Waals surface area (Å²) in [6, 6.07) is 6.50. The van der Waals surface area contributed by atoms with E-state index in [1.165, 1.54) is 0 Å². The van der Waals surface area contributed by atoms with E-state index in [9.17, 15) is 9.59 Å². The first-order valence-electron chi connectivity index (χ1n) is 5.11. The largest absolute Gasteiger partial charge is 0.482 e. The molecule has 86 valence electrons. The number of hydrogen-bond donors (Lipinski definition) is 1. The van der Waals surface area contributed by atoms with Gasteiger partial charge in [0.2, 0.25) is 0 Å². The minimum absolute atomic E-state index is 0.0901. The standard InChI is InChI=1S/C12H14O4/c1-2-3-11(13)9-4-6-10(7-5-9)16-8-12(14)15/h4-7H,2-3,8H2,1H3,(H,14,15). The summed E-state index contributed by atoms with van der Waals surface area (Å²) in [5.41, 5.74) is 0.629. The highest BCUT2D eigenvalue weighted by Gasteiger charge is 2.05. The maximum Gasteiger partial charge on any atom is 0.341 e. The Morgan fingerprint density at radius 3 is 2.38 bits per heavy atom. The Hall–Kier alpha value is -1.84. The summed E-state index contributed by atoms with van der Waals surface area (Å²) in [5, 5.41) is 8.41. The van der Waals surface area contributed by atoms with Gasteiger partial charge < -0.3 is 9.84 Å². The lowest BCUT2D eigenvalue weighted by molar-refractivity contribution is -0.139. The van der Waals surface area contributed by atoms with Crippen molar-refractivity contribution in [1.82, 2.24) is 0 Å². The van der Waals surface area contributed by atoms with Gasteiger partial charge in [0.05, 0.1) is 0 Å². The van der Waals surface area contributed by atoms with Crippen molar-refractivity contribution in [2.45, 2.75) is 19.8 Å². The van der Waals surface area contributed by atoms with Gasteiger partial charge in [-0.25, -0.2) is 4.79 Å². The topological polar surface area (TPSA) is 63.6 Å². The highest BCUT2D eigenvalue weighted by Crippen LogP contribution is 2.13. The number of hydrogen-bond acceptors (Lipinski definition) is 3. The molecule has 0 amide bonds. The van der Waals surface area contributed by atoms with E-state index in [4.69, 9.17) is 9.84 Å². The van der Waals surface area contributed by atoms with E-state index < -0.39 is 5.97 Å². The van der Waals surface area contributed by atoms with Crippen molar-refractivity contribution < 1.29 is 19.4 Å². The molecule has 1 N–H and O–H groups in total. The smallest absolute Gasteiger partial charge is 0.341 e. The molecular weight excluding hydrogens is 208 g/mol. The Morgan fingerprint density at radius 2 is 1.88 bits per heavy atom. The Bertz CT molecular complexity index is 367. The van der Waals surface area contributed by atoms with Crippen LogP contribution >= 0.6 is 0 Å². The molecule has 1 rings (SSSR count). The number of ketones is 1. The summed E-state index contributed by atoms with van der Waals surface area (Å²) in [7, 11) is 0. The monoisotopic (exact) mass is 222 g/mol. The van der Waals surface area contributed by atoms with Gasteiger partial charge >= 0.3 is 5.97 Å². The van der Waals surface area contributed by atoms with Crippen molar-refractivity contribution in [2.24, 2.45) is 0 Å². The Labute approximate surface area is 93.9 Å². The molecule has 0 atom stereocenters. The molecular formula is C12H14O4. The van der Waals surface area contributed by atoms with Crippen LogP contribution in [-0.4, -0.2) is 23.5 Å². The van der Waals surface area contributed by atoms with Gasteiger partial charge in [-0.05, 0) is 30.7 Å². The van der Waals surface area contributed by atoms with Crippen LogP contribution < -0.4 is 4.74 Å². The Morgan fingerprint density at radius 1 is 1.25 bits per heavy atom. The molecule has 0 spiro atoms. The summed E-state index contributed by atoms with van der Waals surface area (Å²) in [4.78, 5) is 21.7. The van der Waals surface area contributed by atoms with E-state index in [-0.39, 0.29) is 12.4 Å². The van der Waals surface area contributed by atoms with Crippen molar-refractivity contribution in [3.63, 3.8) is 0 Å². The molecule has 16 heavy (non-hydrogen) atoms. The molecule has 0 radical (unpaired) electrons. The van der Waals surface area contributed by atoms with Gasteiger partial charge in [-0.2, -0.15) is 0 Å². The van der Waals surface area contributed by atoms with Crippen LogP contribution in [0, 0.1) is 0 Å². The third-order valence-corrected chi connectivity index (χ3v) is 2.02. The molecule has 0 heterocycles. The average molecular weight is 222 g/mol. The lowest BCUT2D eigenvalue weighted by Crippen LogP contribution is -2.09. The predicted octanol–water partition coefficient (Wildman–Crippen LogP) is 2.13. The zero-order valence-electron chi connectivity index (χ0n) is 9.10. The molecule has 0 saturated carbocycles. The number of benzene rings is 1. The number of carboxylic acids is 1. The number of carbonyl (C=O) groups is 2. The predicted molar refractivity (Wildman–Crippen MR) is 58.8 cm³/mol. The Kier molecular flexibility index (Phi) is 4.51. The van der Waals surface area contributed by atoms with Crippen LogP contribution in [0.25, 0.3) is 0 Å². The van der Waals surface area contributed by atoms with E-state index in [2.05, 4.69) is 0 Å². The van der Waals surface area contributed by atoms with Gasteiger partial charge in [-0.3, -0.25) is 4.79 Å². The quantitative estimate of drug-likeness (QED) is 0.749. The van der Waals surface area contributed by atoms with Gasteiger partial charge in [0.1, 0.15) is 5.75 Å². The summed E-state index contributed by atoms with van der Waals surface area (Å²) < 4.78 is 4.95. The van der Waals surface area contributed by atoms with Crippen LogP contribution in [0.3, 0.4) is 0 Å². The third-order valence-electron chi connectivity index (χ3n) is 2.02. The SMILES string of the molecule is CCCC(=O)c1ccc(OCC(=O)O)cc1. The molecule has 0 aliphatic heterocycles. The molecule has 4 heteroatoms. The van der Waals surface area contributed by atoms with E-state index in [0.717, 1.165) is 6.42 Å². The van der Waals surface area contributed by atoms with Crippen LogP contribution in [0.4, 0.5) is 0 Å². The first kappa shape index (κ1) is 12.2.